The molecule has 1 amide bonds. The van der Waals surface area contributed by atoms with Gasteiger partial charge in [-0.1, -0.05) is 36.4 Å². The van der Waals surface area contributed by atoms with Gasteiger partial charge in [-0.3, -0.25) is 9.59 Å². The van der Waals surface area contributed by atoms with E-state index in [1.807, 2.05) is 36.4 Å². The average Bonchev–Trinajstić information content (AvgIpc) is 2.90. The van der Waals surface area contributed by atoms with Crippen LogP contribution in [0.5, 0.6) is 11.8 Å². The van der Waals surface area contributed by atoms with E-state index >= 15 is 0 Å². The third-order valence-corrected chi connectivity index (χ3v) is 4.75. The molecule has 0 radical (unpaired) electrons. The second-order valence-corrected chi connectivity index (χ2v) is 7.66. The lowest BCUT2D eigenvalue weighted by Gasteiger charge is -2.12. The summed E-state index contributed by atoms with van der Waals surface area (Å²) in [6.07, 6.45) is 0. The highest BCUT2D eigenvalue weighted by Gasteiger charge is 2.15. The standard InChI is InChI=1S/C25H30N6O6/c1-18(22(33)34)28-24-29-23(30-25(31-24)37-20-10-6-3-7-11-20)27-13-15-36-17-16-35-14-12-26-21(32)19-8-4-2-5-9-19/h2-11,18H,12-17H2,1H3,(H,26,32)(H,33,34)(H2,27,28,29,30,31)/t18-/m0/s1. The van der Waals surface area contributed by atoms with Crippen molar-refractivity contribution in [3.8, 4) is 11.8 Å². The number of nitrogens with one attached hydrogen (secondary N) is 3. The van der Waals surface area contributed by atoms with E-state index in [1.165, 1.54) is 6.92 Å². The zero-order valence-electron chi connectivity index (χ0n) is 20.4. The first-order valence-corrected chi connectivity index (χ1v) is 11.7. The molecule has 0 saturated carbocycles. The van der Waals surface area contributed by atoms with Gasteiger partial charge in [0.2, 0.25) is 11.9 Å². The summed E-state index contributed by atoms with van der Waals surface area (Å²) in [5, 5.41) is 17.7. The van der Waals surface area contributed by atoms with Crippen molar-refractivity contribution in [3.05, 3.63) is 66.2 Å². The topological polar surface area (TPSA) is 157 Å². The Morgan fingerprint density at radius 1 is 0.838 bits per heavy atom. The molecule has 3 rings (SSSR count). The van der Waals surface area contributed by atoms with Crippen molar-refractivity contribution in [2.45, 2.75) is 13.0 Å². The van der Waals surface area contributed by atoms with Crippen LogP contribution in [0.1, 0.15) is 17.3 Å². The smallest absolute Gasteiger partial charge is 0.328 e. The maximum Gasteiger partial charge on any atom is 0.328 e. The minimum absolute atomic E-state index is 0.0115. The van der Waals surface area contributed by atoms with Gasteiger partial charge in [0, 0.05) is 18.7 Å². The summed E-state index contributed by atoms with van der Waals surface area (Å²) in [6.45, 7) is 3.74. The van der Waals surface area contributed by atoms with Gasteiger partial charge in [0.15, 0.2) is 0 Å². The quantitative estimate of drug-likeness (QED) is 0.210. The molecule has 12 nitrogen and oxygen atoms in total. The van der Waals surface area contributed by atoms with Crippen molar-refractivity contribution >= 4 is 23.8 Å². The minimum Gasteiger partial charge on any atom is -0.480 e. The maximum absolute atomic E-state index is 11.9. The SMILES string of the molecule is C[C@H](Nc1nc(NCCOCCOCCNC(=O)c2ccccc2)nc(Oc2ccccc2)n1)C(=O)O. The number of carbonyl (C=O) groups is 2. The summed E-state index contributed by atoms with van der Waals surface area (Å²) in [5.74, 6) is -0.394. The van der Waals surface area contributed by atoms with E-state index < -0.39 is 12.0 Å². The van der Waals surface area contributed by atoms with Crippen molar-refractivity contribution < 1.29 is 28.9 Å². The summed E-state index contributed by atoms with van der Waals surface area (Å²) in [4.78, 5) is 35.7. The monoisotopic (exact) mass is 510 g/mol. The number of benzene rings is 2. The number of carboxylic acid groups (broad SMARTS) is 1. The van der Waals surface area contributed by atoms with E-state index in [2.05, 4.69) is 30.9 Å². The van der Waals surface area contributed by atoms with Gasteiger partial charge in [0.25, 0.3) is 5.91 Å². The largest absolute Gasteiger partial charge is 0.480 e. The second-order valence-electron chi connectivity index (χ2n) is 7.66. The molecule has 2 aromatic carbocycles. The zero-order valence-corrected chi connectivity index (χ0v) is 20.4. The van der Waals surface area contributed by atoms with Crippen LogP contribution < -0.4 is 20.7 Å². The lowest BCUT2D eigenvalue weighted by Crippen LogP contribution is -2.27. The molecule has 12 heteroatoms. The number of para-hydroxylation sites is 1. The molecule has 1 aromatic heterocycles. The van der Waals surface area contributed by atoms with Crippen LogP contribution in [0.4, 0.5) is 11.9 Å². The van der Waals surface area contributed by atoms with Gasteiger partial charge in [-0.2, -0.15) is 15.0 Å². The van der Waals surface area contributed by atoms with E-state index in [4.69, 9.17) is 19.3 Å². The molecule has 0 aliphatic heterocycles. The number of rotatable bonds is 16. The number of aliphatic carboxylic acids is 1. The summed E-state index contributed by atoms with van der Waals surface area (Å²) in [6, 6.07) is 17.0. The number of ether oxygens (including phenoxy) is 3. The fourth-order valence-electron chi connectivity index (χ4n) is 2.88. The van der Waals surface area contributed by atoms with E-state index in [0.29, 0.717) is 50.8 Å². The van der Waals surface area contributed by atoms with E-state index in [1.54, 1.807) is 24.3 Å². The fourth-order valence-corrected chi connectivity index (χ4v) is 2.88. The molecule has 37 heavy (non-hydrogen) atoms. The Labute approximate surface area is 214 Å². The third kappa shape index (κ3) is 10.1. The van der Waals surface area contributed by atoms with Gasteiger partial charge < -0.3 is 35.3 Å². The van der Waals surface area contributed by atoms with Crippen LogP contribution in [-0.2, 0) is 14.3 Å². The first kappa shape index (κ1) is 27.3. The molecule has 3 aromatic rings. The van der Waals surface area contributed by atoms with Crippen LogP contribution in [0.25, 0.3) is 0 Å². The lowest BCUT2D eigenvalue weighted by atomic mass is 10.2. The molecule has 0 bridgehead atoms. The molecule has 1 atom stereocenters. The van der Waals surface area contributed by atoms with E-state index in [9.17, 15) is 9.59 Å². The van der Waals surface area contributed by atoms with Crippen molar-refractivity contribution in [1.29, 1.82) is 0 Å². The molecular weight excluding hydrogens is 480 g/mol. The molecule has 0 spiro atoms. The van der Waals surface area contributed by atoms with Crippen molar-refractivity contribution in [1.82, 2.24) is 20.3 Å². The van der Waals surface area contributed by atoms with Gasteiger partial charge in [-0.05, 0) is 31.2 Å². The average molecular weight is 511 g/mol. The number of aromatic nitrogens is 3. The Hall–Kier alpha value is -4.29. The van der Waals surface area contributed by atoms with Crippen molar-refractivity contribution in [2.24, 2.45) is 0 Å². The molecule has 0 aliphatic carbocycles. The number of hydrogen-bond donors (Lipinski definition) is 4. The summed E-state index contributed by atoms with van der Waals surface area (Å²) >= 11 is 0. The van der Waals surface area contributed by atoms with Gasteiger partial charge in [-0.25, -0.2) is 0 Å². The normalized spacial score (nSPS) is 11.4. The number of anilines is 2. The Morgan fingerprint density at radius 3 is 2.14 bits per heavy atom. The highest BCUT2D eigenvalue weighted by Crippen LogP contribution is 2.19. The molecular formula is C25H30N6O6. The Kier molecular flexibility index (Phi) is 11.0. The highest BCUT2D eigenvalue weighted by molar-refractivity contribution is 5.94. The Morgan fingerprint density at radius 2 is 1.46 bits per heavy atom. The molecule has 4 N–H and O–H groups in total. The second kappa shape index (κ2) is 15.0. The number of amides is 1. The number of carboxylic acids is 1. The van der Waals surface area contributed by atoms with Crippen molar-refractivity contribution in [3.63, 3.8) is 0 Å². The number of nitrogens with zero attached hydrogens (tertiary/aromatic N) is 3. The predicted molar refractivity (Wildman–Crippen MR) is 136 cm³/mol. The number of hydrogen-bond acceptors (Lipinski definition) is 10. The van der Waals surface area contributed by atoms with Gasteiger partial charge in [0.05, 0.1) is 26.4 Å². The molecule has 1 heterocycles. The summed E-state index contributed by atoms with van der Waals surface area (Å²) < 4.78 is 16.7. The number of carbonyl (C=O) groups excluding carboxylic acids is 1. The minimum atomic E-state index is -1.05. The third-order valence-electron chi connectivity index (χ3n) is 4.75. The van der Waals surface area contributed by atoms with Crippen LogP contribution in [0, 0.1) is 0 Å². The highest BCUT2D eigenvalue weighted by atomic mass is 16.5. The summed E-state index contributed by atoms with van der Waals surface area (Å²) in [7, 11) is 0. The van der Waals surface area contributed by atoms with Crippen molar-refractivity contribution in [2.75, 3.05) is 50.2 Å². The van der Waals surface area contributed by atoms with Gasteiger partial charge in [0.1, 0.15) is 11.8 Å². The maximum atomic E-state index is 11.9. The van der Waals surface area contributed by atoms with Gasteiger partial charge >= 0.3 is 12.0 Å². The van der Waals surface area contributed by atoms with Crippen LogP contribution in [0.2, 0.25) is 0 Å². The van der Waals surface area contributed by atoms with Crippen LogP contribution >= 0.6 is 0 Å². The van der Waals surface area contributed by atoms with E-state index in [-0.39, 0.29) is 23.8 Å². The van der Waals surface area contributed by atoms with Crippen LogP contribution in [0.3, 0.4) is 0 Å². The summed E-state index contributed by atoms with van der Waals surface area (Å²) in [5.41, 5.74) is 0.606. The lowest BCUT2D eigenvalue weighted by molar-refractivity contribution is -0.137. The zero-order chi connectivity index (χ0) is 26.3. The Bertz CT molecular complexity index is 1120. The first-order valence-electron chi connectivity index (χ1n) is 11.7. The molecule has 0 unspecified atom stereocenters. The van der Waals surface area contributed by atoms with Crippen LogP contribution in [0.15, 0.2) is 60.7 Å². The van der Waals surface area contributed by atoms with Gasteiger partial charge in [-0.15, -0.1) is 0 Å². The molecule has 0 aliphatic rings. The molecule has 196 valence electrons. The molecule has 0 saturated heterocycles. The first-order chi connectivity index (χ1) is 18.0. The predicted octanol–water partition coefficient (Wildman–Crippen LogP) is 2.42. The Balaban J connectivity index is 1.36. The van der Waals surface area contributed by atoms with Crippen LogP contribution in [-0.4, -0.2) is 77.5 Å². The van der Waals surface area contributed by atoms with E-state index in [0.717, 1.165) is 0 Å². The fraction of sp³-hybridized carbons (Fsp3) is 0.320. The molecule has 0 fully saturated rings.